The maximum absolute atomic E-state index is 5.34. The van der Waals surface area contributed by atoms with Gasteiger partial charge >= 0.3 is 0 Å². The van der Waals surface area contributed by atoms with Crippen LogP contribution >= 0.6 is 0 Å². The predicted molar refractivity (Wildman–Crippen MR) is 62.3 cm³/mol. The van der Waals surface area contributed by atoms with Crippen LogP contribution in [0.2, 0.25) is 0 Å². The Kier molecular flexibility index (Phi) is 3.75. The van der Waals surface area contributed by atoms with Crippen LogP contribution in [0.4, 0.5) is 0 Å². The Balaban J connectivity index is 2.84. The average molecular weight is 189 g/mol. The molecule has 0 aliphatic heterocycles. The van der Waals surface area contributed by atoms with Gasteiger partial charge in [0.25, 0.3) is 0 Å². The van der Waals surface area contributed by atoms with Crippen LogP contribution in [0.3, 0.4) is 0 Å². The minimum absolute atomic E-state index is 0.551. The van der Waals surface area contributed by atoms with E-state index in [0.29, 0.717) is 5.92 Å². The van der Waals surface area contributed by atoms with E-state index in [-0.39, 0.29) is 0 Å². The molecule has 1 aromatic rings. The third-order valence-corrected chi connectivity index (χ3v) is 2.58. The van der Waals surface area contributed by atoms with Crippen molar-refractivity contribution in [1.82, 2.24) is 0 Å². The van der Waals surface area contributed by atoms with Crippen LogP contribution < -0.4 is 5.73 Å². The summed E-state index contributed by atoms with van der Waals surface area (Å²) in [5, 5.41) is 0. The first-order valence-electron chi connectivity index (χ1n) is 5.09. The third-order valence-electron chi connectivity index (χ3n) is 2.58. The van der Waals surface area contributed by atoms with Crippen LogP contribution in [0.1, 0.15) is 36.0 Å². The van der Waals surface area contributed by atoms with E-state index in [1.165, 1.54) is 16.7 Å². The second-order valence-corrected chi connectivity index (χ2v) is 3.92. The molecule has 0 saturated carbocycles. The number of rotatable bonds is 3. The van der Waals surface area contributed by atoms with Crippen LogP contribution in [0, 0.1) is 13.8 Å². The minimum Gasteiger partial charge on any atom is -0.405 e. The highest BCUT2D eigenvalue weighted by molar-refractivity contribution is 5.33. The lowest BCUT2D eigenvalue weighted by atomic mass is 9.93. The lowest BCUT2D eigenvalue weighted by Gasteiger charge is -2.13. The largest absolute Gasteiger partial charge is 0.405 e. The molecule has 1 aromatic carbocycles. The normalized spacial score (nSPS) is 13.4. The zero-order valence-electron chi connectivity index (χ0n) is 9.25. The Morgan fingerprint density at radius 3 is 2.64 bits per heavy atom. The summed E-state index contributed by atoms with van der Waals surface area (Å²) in [7, 11) is 0. The first-order chi connectivity index (χ1) is 6.65. The molecule has 1 rings (SSSR count). The van der Waals surface area contributed by atoms with Crippen molar-refractivity contribution >= 4 is 0 Å². The van der Waals surface area contributed by atoms with Crippen molar-refractivity contribution in [3.8, 4) is 0 Å². The van der Waals surface area contributed by atoms with Crippen LogP contribution in [-0.4, -0.2) is 0 Å². The smallest absolute Gasteiger partial charge is 0.0103 e. The van der Waals surface area contributed by atoms with Crippen molar-refractivity contribution in [2.24, 2.45) is 5.73 Å². The highest BCUT2D eigenvalue weighted by atomic mass is 14.5. The molecule has 0 aliphatic rings. The Morgan fingerprint density at radius 1 is 1.36 bits per heavy atom. The summed E-state index contributed by atoms with van der Waals surface area (Å²) < 4.78 is 0. The fourth-order valence-corrected chi connectivity index (χ4v) is 1.79. The van der Waals surface area contributed by atoms with E-state index in [2.05, 4.69) is 39.0 Å². The van der Waals surface area contributed by atoms with Gasteiger partial charge in [0.05, 0.1) is 0 Å². The summed E-state index contributed by atoms with van der Waals surface area (Å²) in [5.74, 6) is 0.551. The van der Waals surface area contributed by atoms with Crippen LogP contribution in [-0.2, 0) is 0 Å². The maximum Gasteiger partial charge on any atom is -0.0103 e. The molecule has 0 aromatic heterocycles. The summed E-state index contributed by atoms with van der Waals surface area (Å²) in [6.07, 6.45) is 4.66. The fourth-order valence-electron chi connectivity index (χ4n) is 1.79. The lowest BCUT2D eigenvalue weighted by molar-refractivity contribution is 0.772. The van der Waals surface area contributed by atoms with E-state index in [1.807, 2.05) is 6.08 Å². The topological polar surface area (TPSA) is 26.0 Å². The zero-order chi connectivity index (χ0) is 10.6. The molecule has 1 nitrogen and oxygen atoms in total. The summed E-state index contributed by atoms with van der Waals surface area (Å²) in [5.41, 5.74) is 9.47. The van der Waals surface area contributed by atoms with E-state index in [9.17, 15) is 0 Å². The zero-order valence-corrected chi connectivity index (χ0v) is 9.25. The number of nitrogens with two attached hydrogens (primary N) is 1. The van der Waals surface area contributed by atoms with E-state index in [1.54, 1.807) is 6.20 Å². The molecule has 0 bridgehead atoms. The van der Waals surface area contributed by atoms with Crippen molar-refractivity contribution in [3.63, 3.8) is 0 Å². The van der Waals surface area contributed by atoms with Gasteiger partial charge in [-0.15, -0.1) is 0 Å². The number of aryl methyl sites for hydroxylation is 2. The van der Waals surface area contributed by atoms with Gasteiger partial charge < -0.3 is 5.73 Å². The SMILES string of the molecule is Cc1ccc(C(C)C/C=C/N)c(C)c1. The van der Waals surface area contributed by atoms with E-state index in [0.717, 1.165) is 6.42 Å². The monoisotopic (exact) mass is 189 g/mol. The van der Waals surface area contributed by atoms with Gasteiger partial charge in [-0.2, -0.15) is 0 Å². The molecule has 0 aliphatic carbocycles. The van der Waals surface area contributed by atoms with Gasteiger partial charge in [0.2, 0.25) is 0 Å². The van der Waals surface area contributed by atoms with Gasteiger partial charge in [-0.05, 0) is 43.5 Å². The molecular weight excluding hydrogens is 170 g/mol. The standard InChI is InChI=1S/C13H19N/c1-10-6-7-13(12(3)9-10)11(2)5-4-8-14/h4,6-9,11H,5,14H2,1-3H3/b8-4+. The van der Waals surface area contributed by atoms with Crippen molar-refractivity contribution < 1.29 is 0 Å². The molecule has 2 N–H and O–H groups in total. The van der Waals surface area contributed by atoms with E-state index >= 15 is 0 Å². The molecule has 76 valence electrons. The molecule has 1 atom stereocenters. The number of hydrogen-bond donors (Lipinski definition) is 1. The Morgan fingerprint density at radius 2 is 2.07 bits per heavy atom. The highest BCUT2D eigenvalue weighted by Crippen LogP contribution is 2.23. The molecular formula is C13H19N. The molecule has 14 heavy (non-hydrogen) atoms. The molecule has 0 spiro atoms. The molecule has 0 amide bonds. The van der Waals surface area contributed by atoms with Crippen LogP contribution in [0.25, 0.3) is 0 Å². The minimum atomic E-state index is 0.551. The third kappa shape index (κ3) is 2.63. The first kappa shape index (κ1) is 10.8. The van der Waals surface area contributed by atoms with Crippen molar-refractivity contribution in [2.75, 3.05) is 0 Å². The Bertz CT molecular complexity index is 326. The lowest BCUT2D eigenvalue weighted by Crippen LogP contribution is -1.96. The Labute approximate surface area is 86.6 Å². The highest BCUT2D eigenvalue weighted by Gasteiger charge is 2.06. The van der Waals surface area contributed by atoms with Gasteiger partial charge in [0, 0.05) is 0 Å². The van der Waals surface area contributed by atoms with Crippen molar-refractivity contribution in [3.05, 3.63) is 47.2 Å². The second kappa shape index (κ2) is 4.85. The quantitative estimate of drug-likeness (QED) is 0.776. The fraction of sp³-hybridized carbons (Fsp3) is 0.385. The number of benzene rings is 1. The molecule has 0 radical (unpaired) electrons. The molecule has 0 heterocycles. The molecule has 0 saturated heterocycles. The van der Waals surface area contributed by atoms with Gasteiger partial charge in [0.1, 0.15) is 0 Å². The van der Waals surface area contributed by atoms with Crippen molar-refractivity contribution in [2.45, 2.75) is 33.1 Å². The van der Waals surface area contributed by atoms with E-state index in [4.69, 9.17) is 5.73 Å². The van der Waals surface area contributed by atoms with Crippen molar-refractivity contribution in [1.29, 1.82) is 0 Å². The summed E-state index contributed by atoms with van der Waals surface area (Å²) >= 11 is 0. The molecule has 1 heteroatoms. The predicted octanol–water partition coefficient (Wildman–Crippen LogP) is 3.27. The van der Waals surface area contributed by atoms with E-state index < -0.39 is 0 Å². The van der Waals surface area contributed by atoms with Gasteiger partial charge in [-0.25, -0.2) is 0 Å². The van der Waals surface area contributed by atoms with Crippen LogP contribution in [0.15, 0.2) is 30.5 Å². The summed E-state index contributed by atoms with van der Waals surface area (Å²) in [4.78, 5) is 0. The molecule has 0 fully saturated rings. The van der Waals surface area contributed by atoms with Gasteiger partial charge in [-0.1, -0.05) is 36.8 Å². The number of allylic oxidation sites excluding steroid dienone is 1. The van der Waals surface area contributed by atoms with Crippen LogP contribution in [0.5, 0.6) is 0 Å². The Hall–Kier alpha value is -1.24. The maximum atomic E-state index is 5.34. The number of hydrogen-bond acceptors (Lipinski definition) is 1. The van der Waals surface area contributed by atoms with Gasteiger partial charge in [-0.3, -0.25) is 0 Å². The molecule has 1 unspecified atom stereocenters. The average Bonchev–Trinajstić information content (AvgIpc) is 2.14. The first-order valence-corrected chi connectivity index (χ1v) is 5.09. The second-order valence-electron chi connectivity index (χ2n) is 3.92. The summed E-state index contributed by atoms with van der Waals surface area (Å²) in [6.45, 7) is 6.53. The summed E-state index contributed by atoms with van der Waals surface area (Å²) in [6, 6.07) is 6.63. The van der Waals surface area contributed by atoms with Gasteiger partial charge in [0.15, 0.2) is 0 Å².